The summed E-state index contributed by atoms with van der Waals surface area (Å²) in [6.45, 7) is 6.92. The standard InChI is InChI=1S/C13H26N2O/c1-4-12-6-5-10(2)15(12)9-11-7-13(16-3)8-14-11/h10-14H,4-9H2,1-3H3. The molecule has 0 radical (unpaired) electrons. The highest BCUT2D eigenvalue weighted by atomic mass is 16.5. The number of nitrogens with zero attached hydrogens (tertiary/aromatic N) is 1. The number of nitrogens with one attached hydrogen (secondary N) is 1. The molecule has 4 unspecified atom stereocenters. The molecule has 0 saturated carbocycles. The zero-order chi connectivity index (χ0) is 11.5. The van der Waals surface area contributed by atoms with Gasteiger partial charge in [-0.25, -0.2) is 0 Å². The molecule has 0 aromatic carbocycles. The SMILES string of the molecule is CCC1CCC(C)N1CC1CC(OC)CN1. The quantitative estimate of drug-likeness (QED) is 0.788. The van der Waals surface area contributed by atoms with E-state index in [2.05, 4.69) is 24.1 Å². The maximum absolute atomic E-state index is 5.40. The zero-order valence-corrected chi connectivity index (χ0v) is 10.9. The molecule has 0 aromatic heterocycles. The monoisotopic (exact) mass is 226 g/mol. The zero-order valence-electron chi connectivity index (χ0n) is 10.9. The summed E-state index contributed by atoms with van der Waals surface area (Å²) in [5, 5.41) is 3.58. The van der Waals surface area contributed by atoms with E-state index in [1.54, 1.807) is 0 Å². The van der Waals surface area contributed by atoms with E-state index in [4.69, 9.17) is 4.74 Å². The van der Waals surface area contributed by atoms with Crippen LogP contribution in [0.3, 0.4) is 0 Å². The normalized spacial score (nSPS) is 40.7. The van der Waals surface area contributed by atoms with Gasteiger partial charge >= 0.3 is 0 Å². The van der Waals surface area contributed by atoms with E-state index in [0.29, 0.717) is 12.1 Å². The van der Waals surface area contributed by atoms with Crippen LogP contribution in [0.5, 0.6) is 0 Å². The van der Waals surface area contributed by atoms with Gasteiger partial charge in [0.2, 0.25) is 0 Å². The van der Waals surface area contributed by atoms with Gasteiger partial charge in [-0.3, -0.25) is 4.90 Å². The second kappa shape index (κ2) is 5.48. The van der Waals surface area contributed by atoms with Crippen LogP contribution in [-0.2, 0) is 4.74 Å². The topological polar surface area (TPSA) is 24.5 Å². The maximum Gasteiger partial charge on any atom is 0.0711 e. The molecule has 0 aliphatic carbocycles. The van der Waals surface area contributed by atoms with Crippen LogP contribution in [0, 0.1) is 0 Å². The van der Waals surface area contributed by atoms with Gasteiger partial charge in [-0.2, -0.15) is 0 Å². The van der Waals surface area contributed by atoms with Crippen molar-refractivity contribution in [2.24, 2.45) is 0 Å². The summed E-state index contributed by atoms with van der Waals surface area (Å²) in [7, 11) is 1.82. The van der Waals surface area contributed by atoms with E-state index >= 15 is 0 Å². The van der Waals surface area contributed by atoms with Crippen LogP contribution in [0.25, 0.3) is 0 Å². The third kappa shape index (κ3) is 2.58. The molecule has 16 heavy (non-hydrogen) atoms. The minimum Gasteiger partial charge on any atom is -0.380 e. The summed E-state index contributed by atoms with van der Waals surface area (Å²) in [5.74, 6) is 0. The number of rotatable bonds is 4. The highest BCUT2D eigenvalue weighted by molar-refractivity contribution is 4.91. The first-order valence-electron chi connectivity index (χ1n) is 6.76. The minimum absolute atomic E-state index is 0.433. The number of methoxy groups -OCH3 is 1. The second-order valence-electron chi connectivity index (χ2n) is 5.38. The van der Waals surface area contributed by atoms with Crippen LogP contribution in [0.1, 0.15) is 39.5 Å². The summed E-state index contributed by atoms with van der Waals surface area (Å²) < 4.78 is 5.40. The van der Waals surface area contributed by atoms with Crippen LogP contribution >= 0.6 is 0 Å². The van der Waals surface area contributed by atoms with E-state index in [-0.39, 0.29) is 0 Å². The molecule has 2 heterocycles. The molecular formula is C13H26N2O. The summed E-state index contributed by atoms with van der Waals surface area (Å²) in [4.78, 5) is 2.70. The highest BCUT2D eigenvalue weighted by Crippen LogP contribution is 2.27. The van der Waals surface area contributed by atoms with Crippen molar-refractivity contribution in [1.29, 1.82) is 0 Å². The molecule has 94 valence electrons. The van der Waals surface area contributed by atoms with Crippen LogP contribution < -0.4 is 5.32 Å². The molecule has 0 spiro atoms. The fourth-order valence-electron chi connectivity index (χ4n) is 3.25. The highest BCUT2D eigenvalue weighted by Gasteiger charge is 2.33. The summed E-state index contributed by atoms with van der Waals surface area (Å²) >= 11 is 0. The molecular weight excluding hydrogens is 200 g/mol. The minimum atomic E-state index is 0.433. The van der Waals surface area contributed by atoms with Gasteiger partial charge in [0.05, 0.1) is 6.10 Å². The molecule has 2 aliphatic heterocycles. The summed E-state index contributed by atoms with van der Waals surface area (Å²) in [6, 6.07) is 2.23. The van der Waals surface area contributed by atoms with Crippen molar-refractivity contribution in [3.63, 3.8) is 0 Å². The van der Waals surface area contributed by atoms with E-state index in [9.17, 15) is 0 Å². The predicted octanol–water partition coefficient (Wildman–Crippen LogP) is 1.63. The third-order valence-corrected chi connectivity index (χ3v) is 4.37. The molecule has 0 aromatic rings. The number of hydrogen-bond donors (Lipinski definition) is 1. The Balaban J connectivity index is 1.84. The van der Waals surface area contributed by atoms with Gasteiger partial charge in [0.15, 0.2) is 0 Å². The molecule has 0 amide bonds. The Kier molecular flexibility index (Phi) is 4.22. The first-order valence-corrected chi connectivity index (χ1v) is 6.76. The van der Waals surface area contributed by atoms with Crippen molar-refractivity contribution in [3.05, 3.63) is 0 Å². The van der Waals surface area contributed by atoms with Crippen molar-refractivity contribution in [3.8, 4) is 0 Å². The molecule has 4 atom stereocenters. The van der Waals surface area contributed by atoms with E-state index < -0.39 is 0 Å². The Morgan fingerprint density at radius 1 is 1.38 bits per heavy atom. The van der Waals surface area contributed by atoms with Crippen LogP contribution in [0.15, 0.2) is 0 Å². The number of hydrogen-bond acceptors (Lipinski definition) is 3. The Labute approximate surface area is 99.5 Å². The number of likely N-dealkylation sites (tertiary alicyclic amines) is 1. The Hall–Kier alpha value is -0.120. The van der Waals surface area contributed by atoms with Gasteiger partial charge in [0.1, 0.15) is 0 Å². The van der Waals surface area contributed by atoms with Crippen molar-refractivity contribution < 1.29 is 4.74 Å². The molecule has 2 saturated heterocycles. The summed E-state index contributed by atoms with van der Waals surface area (Å²) in [6.07, 6.45) is 5.67. The second-order valence-corrected chi connectivity index (χ2v) is 5.38. The fourth-order valence-corrected chi connectivity index (χ4v) is 3.25. The average Bonchev–Trinajstić information content (AvgIpc) is 2.88. The van der Waals surface area contributed by atoms with E-state index in [1.165, 1.54) is 32.2 Å². The maximum atomic E-state index is 5.40. The first-order chi connectivity index (χ1) is 7.74. The molecule has 2 fully saturated rings. The van der Waals surface area contributed by atoms with Gasteiger partial charge < -0.3 is 10.1 Å². The lowest BCUT2D eigenvalue weighted by atomic mass is 10.1. The Morgan fingerprint density at radius 2 is 2.19 bits per heavy atom. The fraction of sp³-hybridized carbons (Fsp3) is 1.00. The molecule has 3 nitrogen and oxygen atoms in total. The van der Waals surface area contributed by atoms with E-state index in [1.807, 2.05) is 7.11 Å². The number of ether oxygens (including phenoxy) is 1. The molecule has 2 rings (SSSR count). The molecule has 3 heteroatoms. The lowest BCUT2D eigenvalue weighted by Gasteiger charge is -2.30. The van der Waals surface area contributed by atoms with Gasteiger partial charge in [0, 0.05) is 38.3 Å². The van der Waals surface area contributed by atoms with Crippen molar-refractivity contribution in [2.75, 3.05) is 20.2 Å². The van der Waals surface area contributed by atoms with Gasteiger partial charge in [-0.05, 0) is 32.6 Å². The average molecular weight is 226 g/mol. The van der Waals surface area contributed by atoms with Crippen molar-refractivity contribution in [1.82, 2.24) is 10.2 Å². The van der Waals surface area contributed by atoms with Crippen LogP contribution in [0.4, 0.5) is 0 Å². The van der Waals surface area contributed by atoms with Crippen molar-refractivity contribution >= 4 is 0 Å². The van der Waals surface area contributed by atoms with E-state index in [0.717, 1.165) is 18.6 Å². The van der Waals surface area contributed by atoms with Gasteiger partial charge in [-0.15, -0.1) is 0 Å². The summed E-state index contributed by atoms with van der Waals surface area (Å²) in [5.41, 5.74) is 0. The molecule has 2 aliphatic rings. The first kappa shape index (κ1) is 12.3. The lowest BCUT2D eigenvalue weighted by Crippen LogP contribution is -2.43. The molecule has 1 N–H and O–H groups in total. The van der Waals surface area contributed by atoms with Gasteiger partial charge in [-0.1, -0.05) is 6.92 Å². The largest absolute Gasteiger partial charge is 0.380 e. The van der Waals surface area contributed by atoms with Crippen LogP contribution in [0.2, 0.25) is 0 Å². The Bertz CT molecular complexity index is 222. The third-order valence-electron chi connectivity index (χ3n) is 4.37. The smallest absolute Gasteiger partial charge is 0.0711 e. The predicted molar refractivity (Wildman–Crippen MR) is 66.7 cm³/mol. The van der Waals surface area contributed by atoms with Gasteiger partial charge in [0.25, 0.3) is 0 Å². The lowest BCUT2D eigenvalue weighted by molar-refractivity contribution is 0.113. The van der Waals surface area contributed by atoms with Crippen LogP contribution in [-0.4, -0.2) is 49.3 Å². The molecule has 0 bridgehead atoms. The Morgan fingerprint density at radius 3 is 2.81 bits per heavy atom. The van der Waals surface area contributed by atoms with Crippen molar-refractivity contribution in [2.45, 2.75) is 63.8 Å².